The summed E-state index contributed by atoms with van der Waals surface area (Å²) in [7, 11) is 0. The molecule has 0 spiro atoms. The zero-order chi connectivity index (χ0) is 17.5. The molecule has 2 N–H and O–H groups in total. The topological polar surface area (TPSA) is 44.4 Å². The number of anilines is 3. The highest BCUT2D eigenvalue weighted by Gasteiger charge is 2.07. The molecule has 0 radical (unpaired) electrons. The first kappa shape index (κ1) is 18.1. The van der Waals surface area contributed by atoms with Gasteiger partial charge in [0.2, 0.25) is 5.91 Å². The van der Waals surface area contributed by atoms with Gasteiger partial charge in [0.1, 0.15) is 0 Å². The van der Waals surface area contributed by atoms with Crippen LogP contribution in [0.25, 0.3) is 0 Å². The lowest BCUT2D eigenvalue weighted by atomic mass is 10.2. The molecular weight excluding hydrogens is 322 g/mol. The Kier molecular flexibility index (Phi) is 6.50. The molecule has 2 rings (SSSR count). The molecule has 5 heteroatoms. The van der Waals surface area contributed by atoms with Gasteiger partial charge in [-0.25, -0.2) is 0 Å². The van der Waals surface area contributed by atoms with E-state index in [2.05, 4.69) is 41.5 Å². The van der Waals surface area contributed by atoms with Crippen LogP contribution in [0, 0.1) is 6.92 Å². The number of nitrogens with one attached hydrogen (secondary N) is 2. The third-order valence-electron chi connectivity index (χ3n) is 3.99. The zero-order valence-electron chi connectivity index (χ0n) is 14.4. The summed E-state index contributed by atoms with van der Waals surface area (Å²) in [5, 5.41) is 6.66. The Balaban J connectivity index is 1.91. The van der Waals surface area contributed by atoms with Gasteiger partial charge in [-0.2, -0.15) is 0 Å². The Labute approximate surface area is 148 Å². The highest BCUT2D eigenvalue weighted by Crippen LogP contribution is 2.23. The molecule has 0 heterocycles. The molecule has 24 heavy (non-hydrogen) atoms. The number of hydrogen-bond acceptors (Lipinski definition) is 3. The van der Waals surface area contributed by atoms with Crippen LogP contribution < -0.4 is 15.5 Å². The Morgan fingerprint density at radius 2 is 1.75 bits per heavy atom. The fraction of sp³-hybridized carbons (Fsp3) is 0.316. The molecular formula is C19H24ClN3O. The molecule has 0 unspecified atom stereocenters. The van der Waals surface area contributed by atoms with E-state index in [9.17, 15) is 4.79 Å². The van der Waals surface area contributed by atoms with Crippen LogP contribution in [-0.4, -0.2) is 25.5 Å². The van der Waals surface area contributed by atoms with Gasteiger partial charge in [-0.15, -0.1) is 0 Å². The molecule has 4 nitrogen and oxygen atoms in total. The summed E-state index contributed by atoms with van der Waals surface area (Å²) in [6, 6.07) is 13.6. The molecule has 0 atom stereocenters. The van der Waals surface area contributed by atoms with Crippen molar-refractivity contribution in [3.8, 4) is 0 Å². The maximum atomic E-state index is 12.1. The van der Waals surface area contributed by atoms with Crippen molar-refractivity contribution in [1.82, 2.24) is 0 Å². The van der Waals surface area contributed by atoms with Gasteiger partial charge in [0.15, 0.2) is 0 Å². The van der Waals surface area contributed by atoms with Crippen molar-refractivity contribution < 1.29 is 4.79 Å². The normalized spacial score (nSPS) is 10.3. The smallest absolute Gasteiger partial charge is 0.243 e. The molecule has 0 saturated carbocycles. The minimum atomic E-state index is -0.104. The first-order chi connectivity index (χ1) is 11.5. The number of carbonyl (C=O) groups is 1. The summed E-state index contributed by atoms with van der Waals surface area (Å²) in [5.74, 6) is -0.104. The number of nitrogens with zero attached hydrogens (tertiary/aromatic N) is 1. The Bertz CT molecular complexity index is 682. The van der Waals surface area contributed by atoms with Gasteiger partial charge < -0.3 is 15.5 Å². The van der Waals surface area contributed by atoms with Crippen LogP contribution in [0.1, 0.15) is 19.4 Å². The van der Waals surface area contributed by atoms with Crippen LogP contribution in [0.15, 0.2) is 42.5 Å². The molecule has 0 aromatic heterocycles. The maximum Gasteiger partial charge on any atom is 0.243 e. The number of carbonyl (C=O) groups excluding carboxylic acids is 1. The highest BCUT2D eigenvalue weighted by molar-refractivity contribution is 6.31. The summed E-state index contributed by atoms with van der Waals surface area (Å²) in [6.07, 6.45) is 0. The first-order valence-electron chi connectivity index (χ1n) is 8.19. The summed E-state index contributed by atoms with van der Waals surface area (Å²) < 4.78 is 0. The van der Waals surface area contributed by atoms with E-state index in [0.717, 1.165) is 30.0 Å². The summed E-state index contributed by atoms with van der Waals surface area (Å²) >= 11 is 6.06. The molecule has 0 aliphatic heterocycles. The fourth-order valence-electron chi connectivity index (χ4n) is 2.50. The van der Waals surface area contributed by atoms with Crippen molar-refractivity contribution in [2.24, 2.45) is 0 Å². The van der Waals surface area contributed by atoms with E-state index in [4.69, 9.17) is 11.6 Å². The molecule has 0 saturated heterocycles. The average Bonchev–Trinajstić information content (AvgIpc) is 2.59. The lowest BCUT2D eigenvalue weighted by molar-refractivity contribution is -0.114. The third kappa shape index (κ3) is 4.65. The number of hydrogen-bond donors (Lipinski definition) is 2. The fourth-order valence-corrected chi connectivity index (χ4v) is 2.67. The van der Waals surface area contributed by atoms with Crippen molar-refractivity contribution in [3.63, 3.8) is 0 Å². The van der Waals surface area contributed by atoms with Crippen LogP contribution in [0.2, 0.25) is 5.02 Å². The Hall–Kier alpha value is -2.20. The van der Waals surface area contributed by atoms with E-state index in [0.29, 0.717) is 5.02 Å². The van der Waals surface area contributed by atoms with E-state index in [1.807, 2.05) is 37.3 Å². The highest BCUT2D eigenvalue weighted by atomic mass is 35.5. The number of rotatable bonds is 7. The zero-order valence-corrected chi connectivity index (χ0v) is 15.2. The average molecular weight is 346 g/mol. The lowest BCUT2D eigenvalue weighted by Gasteiger charge is -2.21. The van der Waals surface area contributed by atoms with Crippen LogP contribution in [0.5, 0.6) is 0 Å². The Morgan fingerprint density at radius 1 is 1.08 bits per heavy atom. The van der Waals surface area contributed by atoms with Gasteiger partial charge in [0.05, 0.1) is 6.54 Å². The molecule has 0 aliphatic rings. The summed E-state index contributed by atoms with van der Waals surface area (Å²) in [5.41, 5.74) is 3.72. The largest absolute Gasteiger partial charge is 0.376 e. The minimum Gasteiger partial charge on any atom is -0.376 e. The van der Waals surface area contributed by atoms with Crippen molar-refractivity contribution in [2.45, 2.75) is 20.8 Å². The first-order valence-corrected chi connectivity index (χ1v) is 8.56. The Morgan fingerprint density at radius 3 is 2.38 bits per heavy atom. The molecule has 0 fully saturated rings. The summed E-state index contributed by atoms with van der Waals surface area (Å²) in [6.45, 7) is 8.32. The van der Waals surface area contributed by atoms with Crippen LogP contribution >= 0.6 is 11.6 Å². The second-order valence-electron chi connectivity index (χ2n) is 5.53. The van der Waals surface area contributed by atoms with Gasteiger partial charge >= 0.3 is 0 Å². The van der Waals surface area contributed by atoms with E-state index >= 15 is 0 Å². The predicted molar refractivity (Wildman–Crippen MR) is 103 cm³/mol. The molecule has 2 aromatic carbocycles. The van der Waals surface area contributed by atoms with Gasteiger partial charge in [0, 0.05) is 35.2 Å². The van der Waals surface area contributed by atoms with Crippen molar-refractivity contribution in [3.05, 3.63) is 53.1 Å². The quantitative estimate of drug-likeness (QED) is 0.774. The molecule has 1 amide bonds. The predicted octanol–water partition coefficient (Wildman–Crippen LogP) is 4.55. The van der Waals surface area contributed by atoms with Gasteiger partial charge in [-0.05, 0) is 62.7 Å². The summed E-state index contributed by atoms with van der Waals surface area (Å²) in [4.78, 5) is 14.4. The number of amides is 1. The number of benzene rings is 2. The van der Waals surface area contributed by atoms with E-state index < -0.39 is 0 Å². The van der Waals surface area contributed by atoms with E-state index in [1.165, 1.54) is 5.69 Å². The van der Waals surface area contributed by atoms with Crippen molar-refractivity contribution in [1.29, 1.82) is 0 Å². The van der Waals surface area contributed by atoms with Crippen LogP contribution in [-0.2, 0) is 4.79 Å². The molecule has 0 aliphatic carbocycles. The lowest BCUT2D eigenvalue weighted by Crippen LogP contribution is -2.23. The van der Waals surface area contributed by atoms with Crippen molar-refractivity contribution in [2.75, 3.05) is 35.2 Å². The van der Waals surface area contributed by atoms with E-state index in [1.54, 1.807) is 0 Å². The van der Waals surface area contributed by atoms with Crippen LogP contribution in [0.4, 0.5) is 17.1 Å². The number of halogens is 1. The third-order valence-corrected chi connectivity index (χ3v) is 4.40. The molecule has 2 aromatic rings. The van der Waals surface area contributed by atoms with Gasteiger partial charge in [-0.3, -0.25) is 4.79 Å². The SMILES string of the molecule is CCN(CC)c1ccc(NCC(=O)Nc2cccc(Cl)c2C)cc1. The second-order valence-corrected chi connectivity index (χ2v) is 5.94. The van der Waals surface area contributed by atoms with Crippen LogP contribution in [0.3, 0.4) is 0 Å². The molecule has 128 valence electrons. The van der Waals surface area contributed by atoms with Gasteiger partial charge in [0.25, 0.3) is 0 Å². The standard InChI is InChI=1S/C19H24ClN3O/c1-4-23(5-2)16-11-9-15(10-12-16)21-13-19(24)22-18-8-6-7-17(20)14(18)3/h6-12,21H,4-5,13H2,1-3H3,(H,22,24). The van der Waals surface area contributed by atoms with Gasteiger partial charge in [-0.1, -0.05) is 17.7 Å². The molecule has 0 bridgehead atoms. The monoisotopic (exact) mass is 345 g/mol. The van der Waals surface area contributed by atoms with Crippen molar-refractivity contribution >= 4 is 34.6 Å². The minimum absolute atomic E-state index is 0.104. The second kappa shape index (κ2) is 8.60. The van der Waals surface area contributed by atoms with E-state index in [-0.39, 0.29) is 12.5 Å². The maximum absolute atomic E-state index is 12.1.